The summed E-state index contributed by atoms with van der Waals surface area (Å²) < 4.78 is 23.7. The lowest BCUT2D eigenvalue weighted by Gasteiger charge is -2.28. The van der Waals surface area contributed by atoms with Gasteiger partial charge >= 0.3 is 0 Å². The summed E-state index contributed by atoms with van der Waals surface area (Å²) in [6.45, 7) is 6.72. The van der Waals surface area contributed by atoms with Crippen LogP contribution in [0.2, 0.25) is 0 Å². The molecule has 26 heavy (non-hydrogen) atoms. The molecule has 1 saturated heterocycles. The molecule has 2 heterocycles. The van der Waals surface area contributed by atoms with Gasteiger partial charge in [0.1, 0.15) is 17.5 Å². The van der Waals surface area contributed by atoms with E-state index in [0.29, 0.717) is 18.8 Å². The second kappa shape index (κ2) is 7.61. The number of aromatic nitrogens is 2. The largest absolute Gasteiger partial charge is 0.353 e. The van der Waals surface area contributed by atoms with E-state index in [-0.39, 0.29) is 17.5 Å². The minimum Gasteiger partial charge on any atom is -0.353 e. The Morgan fingerprint density at radius 1 is 1.19 bits per heavy atom. The predicted molar refractivity (Wildman–Crippen MR) is 106 cm³/mol. The molecule has 140 valence electrons. The van der Waals surface area contributed by atoms with Crippen molar-refractivity contribution in [2.24, 2.45) is 0 Å². The van der Waals surface area contributed by atoms with Gasteiger partial charge in [-0.15, -0.1) is 0 Å². The van der Waals surface area contributed by atoms with Crippen LogP contribution in [-0.2, 0) is 16.3 Å². The molecule has 1 N–H and O–H groups in total. The van der Waals surface area contributed by atoms with Gasteiger partial charge in [0.2, 0.25) is 0 Å². The number of hydrogen-bond acceptors (Lipinski definition) is 6. The summed E-state index contributed by atoms with van der Waals surface area (Å²) in [4.78, 5) is 11.1. The number of nitrogens with zero attached hydrogens (tertiary/aromatic N) is 3. The fraction of sp³-hybridized carbons (Fsp3) is 0.474. The van der Waals surface area contributed by atoms with Crippen molar-refractivity contribution in [2.75, 3.05) is 28.3 Å². The molecule has 0 saturated carbocycles. The lowest BCUT2D eigenvalue weighted by Crippen LogP contribution is -2.36. The van der Waals surface area contributed by atoms with Crippen molar-refractivity contribution in [3.63, 3.8) is 0 Å². The van der Waals surface area contributed by atoms with E-state index in [1.54, 1.807) is 0 Å². The third kappa shape index (κ3) is 4.33. The lowest BCUT2D eigenvalue weighted by molar-refractivity contribution is 0.599. The highest BCUT2D eigenvalue weighted by Gasteiger charge is 2.32. The van der Waals surface area contributed by atoms with Crippen LogP contribution in [0.25, 0.3) is 0 Å². The lowest BCUT2D eigenvalue weighted by atomic mass is 10.1. The maximum Gasteiger partial charge on any atom is 0.152 e. The van der Waals surface area contributed by atoms with Gasteiger partial charge in [0, 0.05) is 24.3 Å². The second-order valence-electron chi connectivity index (χ2n) is 6.68. The minimum absolute atomic E-state index is 0.0176. The molecule has 1 aliphatic heterocycles. The smallest absolute Gasteiger partial charge is 0.152 e. The highest BCUT2D eigenvalue weighted by molar-refractivity contribution is 7.91. The van der Waals surface area contributed by atoms with Crippen molar-refractivity contribution in [2.45, 2.75) is 39.7 Å². The summed E-state index contributed by atoms with van der Waals surface area (Å²) >= 11 is 0. The number of hydrogen-bond donors (Lipinski definition) is 1. The Morgan fingerprint density at radius 3 is 2.50 bits per heavy atom. The van der Waals surface area contributed by atoms with Gasteiger partial charge in [-0.05, 0) is 44.4 Å². The van der Waals surface area contributed by atoms with Gasteiger partial charge in [0.05, 0.1) is 11.5 Å². The SMILES string of the molecule is CCc1ccc(Nc2cc(N(CC)C3CCS(=O)(=O)C3)nc(C)n2)cc1. The molecule has 7 heteroatoms. The fourth-order valence-electron chi connectivity index (χ4n) is 3.36. The van der Waals surface area contributed by atoms with E-state index in [1.807, 2.05) is 32.0 Å². The van der Waals surface area contributed by atoms with Crippen LogP contribution < -0.4 is 10.2 Å². The molecule has 6 nitrogen and oxygen atoms in total. The van der Waals surface area contributed by atoms with Crippen LogP contribution in [-0.4, -0.2) is 42.5 Å². The van der Waals surface area contributed by atoms with E-state index in [2.05, 4.69) is 39.2 Å². The van der Waals surface area contributed by atoms with Crippen LogP contribution in [0.1, 0.15) is 31.7 Å². The first kappa shape index (κ1) is 18.6. The number of rotatable bonds is 6. The molecule has 1 fully saturated rings. The van der Waals surface area contributed by atoms with E-state index < -0.39 is 9.84 Å². The van der Waals surface area contributed by atoms with Crippen molar-refractivity contribution in [1.82, 2.24) is 9.97 Å². The molecule has 1 aliphatic rings. The molecule has 0 radical (unpaired) electrons. The highest BCUT2D eigenvalue weighted by Crippen LogP contribution is 2.25. The Balaban J connectivity index is 1.84. The normalized spacial score (nSPS) is 18.7. The zero-order valence-corrected chi connectivity index (χ0v) is 16.4. The van der Waals surface area contributed by atoms with Gasteiger partial charge in [-0.25, -0.2) is 18.4 Å². The Kier molecular flexibility index (Phi) is 5.46. The average molecular weight is 375 g/mol. The molecule has 0 amide bonds. The van der Waals surface area contributed by atoms with Crippen LogP contribution in [0, 0.1) is 6.92 Å². The summed E-state index contributed by atoms with van der Waals surface area (Å²) in [6.07, 6.45) is 1.66. The number of anilines is 3. The molecule has 0 spiro atoms. The number of benzene rings is 1. The van der Waals surface area contributed by atoms with Crippen LogP contribution in [0.15, 0.2) is 30.3 Å². The van der Waals surface area contributed by atoms with Crippen LogP contribution in [0.3, 0.4) is 0 Å². The van der Waals surface area contributed by atoms with Crippen LogP contribution >= 0.6 is 0 Å². The first-order chi connectivity index (χ1) is 12.4. The first-order valence-electron chi connectivity index (χ1n) is 9.09. The number of aryl methyl sites for hydroxylation is 2. The maximum absolute atomic E-state index is 11.8. The quantitative estimate of drug-likeness (QED) is 0.837. The molecular weight excluding hydrogens is 348 g/mol. The van der Waals surface area contributed by atoms with Gasteiger partial charge < -0.3 is 10.2 Å². The summed E-state index contributed by atoms with van der Waals surface area (Å²) in [7, 11) is -2.93. The van der Waals surface area contributed by atoms with Gasteiger partial charge in [-0.2, -0.15) is 0 Å². The third-order valence-corrected chi connectivity index (χ3v) is 6.49. The Morgan fingerprint density at radius 2 is 1.92 bits per heavy atom. The fourth-order valence-corrected chi connectivity index (χ4v) is 5.09. The number of nitrogens with one attached hydrogen (secondary N) is 1. The highest BCUT2D eigenvalue weighted by atomic mass is 32.2. The maximum atomic E-state index is 11.8. The van der Waals surface area contributed by atoms with Crippen molar-refractivity contribution in [1.29, 1.82) is 0 Å². The molecule has 1 unspecified atom stereocenters. The third-order valence-electron chi connectivity index (χ3n) is 4.74. The van der Waals surface area contributed by atoms with Gasteiger partial charge in [0.25, 0.3) is 0 Å². The monoisotopic (exact) mass is 374 g/mol. The molecule has 1 aromatic carbocycles. The van der Waals surface area contributed by atoms with Gasteiger partial charge in [-0.1, -0.05) is 19.1 Å². The van der Waals surface area contributed by atoms with Crippen molar-refractivity contribution in [3.05, 3.63) is 41.7 Å². The van der Waals surface area contributed by atoms with E-state index in [1.165, 1.54) is 5.56 Å². The Labute approximate surface area is 155 Å². The summed E-state index contributed by atoms with van der Waals surface area (Å²) in [5.41, 5.74) is 2.26. The summed E-state index contributed by atoms with van der Waals surface area (Å²) in [5, 5.41) is 3.33. The standard InChI is InChI=1S/C19H26N4O2S/c1-4-15-6-8-16(9-7-15)22-18-12-19(21-14(3)20-18)23(5-2)17-10-11-26(24,25)13-17/h6-9,12,17H,4-5,10-11,13H2,1-3H3,(H,20,21,22). The molecule has 0 bridgehead atoms. The molecular formula is C19H26N4O2S. The molecule has 2 aromatic rings. The molecule has 1 aromatic heterocycles. The average Bonchev–Trinajstić information content (AvgIpc) is 2.95. The Hall–Kier alpha value is -2.15. The van der Waals surface area contributed by atoms with Gasteiger partial charge in [0.15, 0.2) is 9.84 Å². The summed E-state index contributed by atoms with van der Waals surface area (Å²) in [5.74, 6) is 2.61. The van der Waals surface area contributed by atoms with Crippen molar-refractivity contribution in [3.8, 4) is 0 Å². The first-order valence-corrected chi connectivity index (χ1v) is 10.9. The van der Waals surface area contributed by atoms with Gasteiger partial charge in [-0.3, -0.25) is 0 Å². The molecule has 0 aliphatic carbocycles. The molecule has 1 atom stereocenters. The van der Waals surface area contributed by atoms with Crippen molar-refractivity contribution < 1.29 is 8.42 Å². The topological polar surface area (TPSA) is 75.2 Å². The zero-order valence-electron chi connectivity index (χ0n) is 15.6. The van der Waals surface area contributed by atoms with E-state index in [4.69, 9.17) is 0 Å². The second-order valence-corrected chi connectivity index (χ2v) is 8.91. The van der Waals surface area contributed by atoms with E-state index >= 15 is 0 Å². The van der Waals surface area contributed by atoms with Crippen LogP contribution in [0.4, 0.5) is 17.3 Å². The van der Waals surface area contributed by atoms with E-state index in [9.17, 15) is 8.42 Å². The van der Waals surface area contributed by atoms with Crippen LogP contribution in [0.5, 0.6) is 0 Å². The minimum atomic E-state index is -2.93. The van der Waals surface area contributed by atoms with E-state index in [0.717, 1.165) is 23.7 Å². The number of sulfone groups is 1. The predicted octanol–water partition coefficient (Wildman–Crippen LogP) is 3.10. The van der Waals surface area contributed by atoms with Crippen molar-refractivity contribution >= 4 is 27.2 Å². The zero-order chi connectivity index (χ0) is 18.7. The Bertz CT molecular complexity index is 866. The molecule has 3 rings (SSSR count). The summed E-state index contributed by atoms with van der Waals surface area (Å²) in [6, 6.07) is 10.2.